The van der Waals surface area contributed by atoms with Gasteiger partial charge in [0.05, 0.1) is 43.9 Å². The zero-order valence-corrected chi connectivity index (χ0v) is 45.9. The maximum absolute atomic E-state index is 11.9. The number of benzene rings is 6. The fourth-order valence-electron chi connectivity index (χ4n) is 9.48. The Morgan fingerprint density at radius 3 is 1.43 bits per heavy atom. The molecule has 10 rings (SSSR count). The molecular weight excluding hydrogens is 1080 g/mol. The van der Waals surface area contributed by atoms with E-state index < -0.39 is 0 Å². The van der Waals surface area contributed by atoms with Crippen LogP contribution in [0.25, 0.3) is 22.5 Å². The molecule has 8 aromatic rings. The van der Waals surface area contributed by atoms with Crippen LogP contribution in [0, 0.1) is 0 Å². The lowest BCUT2D eigenvalue weighted by atomic mass is 10.0. The standard InChI is InChI=1S/C30H26Cl3NO4.C29H24Cl3NO4/c1-16(2)29-23(28(34-38-29)27-24(31)8-5-9-25(27)32)15-37-19-10-11-20(26(33)13-19)22-14-21(22)17-6-4-7-18(12-17)30(35)36-3;1-16(2)29-23(28(33-37-29)27-24(30)7-4-8-25(27)31)14-35-19-9-10-20(26(32)12-19)22-13-21(22)17-5-3-6-18(11-17)36-15-34/h4-13,16,21-22H,14-15H2,1-3H3;3-12,15-16,21-22H,13-14H2,1-2H3. The summed E-state index contributed by atoms with van der Waals surface area (Å²) in [5, 5.41) is 11.8. The van der Waals surface area contributed by atoms with E-state index >= 15 is 0 Å². The van der Waals surface area contributed by atoms with Gasteiger partial charge < -0.3 is 28.0 Å². The number of carbonyl (C=O) groups excluding carboxylic acids is 2. The lowest BCUT2D eigenvalue weighted by Gasteiger charge is -2.12. The monoisotopic (exact) mass is 1120 g/mol. The first-order valence-corrected chi connectivity index (χ1v) is 26.5. The highest BCUT2D eigenvalue weighted by Crippen LogP contribution is 2.58. The Hall–Kier alpha value is -5.98. The predicted molar refractivity (Wildman–Crippen MR) is 295 cm³/mol. The number of hydrogen-bond donors (Lipinski definition) is 0. The van der Waals surface area contributed by atoms with Gasteiger partial charge in [-0.3, -0.25) is 4.79 Å². The molecule has 2 aliphatic rings. The third-order valence-corrected chi connectivity index (χ3v) is 15.3. The highest BCUT2D eigenvalue weighted by Gasteiger charge is 2.42. The first-order valence-electron chi connectivity index (χ1n) is 24.2. The Bertz CT molecular complexity index is 3350. The van der Waals surface area contributed by atoms with Crippen molar-refractivity contribution >= 4 is 82.0 Å². The number of hydrogen-bond acceptors (Lipinski definition) is 10. The van der Waals surface area contributed by atoms with Crippen LogP contribution in [0.15, 0.2) is 130 Å². The largest absolute Gasteiger partial charge is 0.489 e. The minimum Gasteiger partial charge on any atom is -0.489 e. The minimum absolute atomic E-state index is 0.0894. The summed E-state index contributed by atoms with van der Waals surface area (Å²) in [7, 11) is 1.39. The average Bonchev–Trinajstić information content (AvgIpc) is 4.29. The van der Waals surface area contributed by atoms with Crippen molar-refractivity contribution in [1.82, 2.24) is 10.3 Å². The molecule has 0 radical (unpaired) electrons. The SMILES string of the molecule is CC(C)c1onc(-c2c(Cl)cccc2Cl)c1COc1ccc(C2CC2c2cccc(OC=O)c2)c(Cl)c1.COC(=O)c1cccc(C2CC2c2ccc(OCc3c(-c4c(Cl)cccc4Cl)noc3C(C)C)cc2Cl)c1. The third-order valence-electron chi connectivity index (χ3n) is 13.4. The number of aromatic nitrogens is 2. The van der Waals surface area contributed by atoms with Gasteiger partial charge >= 0.3 is 5.97 Å². The number of esters is 1. The van der Waals surface area contributed by atoms with Crippen molar-refractivity contribution in [3.63, 3.8) is 0 Å². The van der Waals surface area contributed by atoms with Crippen LogP contribution in [0.1, 0.15) is 131 Å². The average molecular weight is 1130 g/mol. The zero-order chi connectivity index (χ0) is 53.1. The van der Waals surface area contributed by atoms with Crippen LogP contribution in [0.3, 0.4) is 0 Å². The van der Waals surface area contributed by atoms with Crippen LogP contribution < -0.4 is 14.2 Å². The van der Waals surface area contributed by atoms with Crippen LogP contribution in [-0.2, 0) is 22.7 Å². The van der Waals surface area contributed by atoms with E-state index in [9.17, 15) is 9.59 Å². The molecule has 2 aliphatic carbocycles. The van der Waals surface area contributed by atoms with E-state index in [-0.39, 0.29) is 36.9 Å². The van der Waals surface area contributed by atoms with Gasteiger partial charge in [-0.1, -0.05) is 156 Å². The summed E-state index contributed by atoms with van der Waals surface area (Å²) in [5.41, 5.74) is 8.89. The summed E-state index contributed by atoms with van der Waals surface area (Å²) in [6, 6.07) is 37.4. The van der Waals surface area contributed by atoms with Crippen LogP contribution >= 0.6 is 69.6 Å². The molecule has 0 aliphatic heterocycles. The molecule has 2 saturated carbocycles. The van der Waals surface area contributed by atoms with Crippen molar-refractivity contribution in [2.45, 2.75) is 89.3 Å². The molecule has 2 heterocycles. The second-order valence-corrected chi connectivity index (χ2v) is 21.4. The molecule has 0 bridgehead atoms. The van der Waals surface area contributed by atoms with E-state index in [0.717, 1.165) is 52.0 Å². The molecule has 0 spiro atoms. The van der Waals surface area contributed by atoms with Crippen molar-refractivity contribution in [1.29, 1.82) is 0 Å². The van der Waals surface area contributed by atoms with E-state index in [2.05, 4.69) is 10.3 Å². The van der Waals surface area contributed by atoms with Gasteiger partial charge in [0.15, 0.2) is 0 Å². The zero-order valence-electron chi connectivity index (χ0n) is 41.3. The van der Waals surface area contributed by atoms with Crippen LogP contribution in [0.2, 0.25) is 30.1 Å². The number of carbonyl (C=O) groups is 2. The summed E-state index contributed by atoms with van der Waals surface area (Å²) in [4.78, 5) is 22.6. The van der Waals surface area contributed by atoms with Crippen LogP contribution in [-0.4, -0.2) is 29.9 Å². The Balaban J connectivity index is 0.000000184. The van der Waals surface area contributed by atoms with Crippen LogP contribution in [0.4, 0.5) is 0 Å². The molecule has 2 aromatic heterocycles. The predicted octanol–water partition coefficient (Wildman–Crippen LogP) is 17.9. The van der Waals surface area contributed by atoms with Gasteiger partial charge in [0, 0.05) is 33.0 Å². The normalized spacial score (nSPS) is 16.5. The van der Waals surface area contributed by atoms with Gasteiger partial charge in [0.1, 0.15) is 53.4 Å². The summed E-state index contributed by atoms with van der Waals surface area (Å²) in [6.45, 7) is 8.99. The van der Waals surface area contributed by atoms with E-state index in [1.807, 2.05) is 100 Å². The quantitative estimate of drug-likeness (QED) is 0.0643. The number of methoxy groups -OCH3 is 1. The number of ether oxygens (including phenoxy) is 4. The van der Waals surface area contributed by atoms with E-state index in [1.54, 1.807) is 48.5 Å². The number of rotatable bonds is 17. The second kappa shape index (κ2) is 23.5. The van der Waals surface area contributed by atoms with Crippen LogP contribution in [0.5, 0.6) is 17.2 Å². The smallest absolute Gasteiger partial charge is 0.337 e. The fraction of sp³-hybridized carbons (Fsp3) is 0.254. The summed E-state index contributed by atoms with van der Waals surface area (Å²) in [5.74, 6) is 4.30. The first-order chi connectivity index (χ1) is 36.1. The van der Waals surface area contributed by atoms with Gasteiger partial charge in [-0.05, 0) is 132 Å². The molecular formula is C59H50Cl6N2O8. The van der Waals surface area contributed by atoms with Gasteiger partial charge in [-0.25, -0.2) is 4.79 Å². The van der Waals surface area contributed by atoms with Gasteiger partial charge in [0.25, 0.3) is 6.47 Å². The lowest BCUT2D eigenvalue weighted by molar-refractivity contribution is -0.120. The van der Waals surface area contributed by atoms with Crippen molar-refractivity contribution in [2.75, 3.05) is 7.11 Å². The topological polar surface area (TPSA) is 123 Å². The summed E-state index contributed by atoms with van der Waals surface area (Å²) >= 11 is 39.2. The molecule has 0 saturated heterocycles. The highest BCUT2D eigenvalue weighted by molar-refractivity contribution is 6.40. The second-order valence-electron chi connectivity index (χ2n) is 19.0. The van der Waals surface area contributed by atoms with E-state index in [0.29, 0.717) is 105 Å². The molecule has 10 nitrogen and oxygen atoms in total. The molecule has 4 atom stereocenters. The fourth-order valence-corrected chi connectivity index (χ4v) is 11.3. The maximum Gasteiger partial charge on any atom is 0.337 e. The van der Waals surface area contributed by atoms with Gasteiger partial charge in [0.2, 0.25) is 0 Å². The molecule has 2 fully saturated rings. The van der Waals surface area contributed by atoms with E-state index in [1.165, 1.54) is 7.11 Å². The summed E-state index contributed by atoms with van der Waals surface area (Å²) in [6.07, 6.45) is 1.94. The Kier molecular flexibility index (Phi) is 16.9. The molecule has 6 aromatic carbocycles. The Morgan fingerprint density at radius 2 is 1.00 bits per heavy atom. The number of halogens is 6. The van der Waals surface area contributed by atoms with E-state index in [4.69, 9.17) is 97.6 Å². The minimum atomic E-state index is -0.336. The molecule has 4 unspecified atom stereocenters. The van der Waals surface area contributed by atoms with Crippen molar-refractivity contribution in [2.24, 2.45) is 0 Å². The van der Waals surface area contributed by atoms with Gasteiger partial charge in [-0.15, -0.1) is 0 Å². The maximum atomic E-state index is 11.9. The number of nitrogens with zero attached hydrogens (tertiary/aromatic N) is 2. The van der Waals surface area contributed by atoms with Crippen molar-refractivity contribution < 1.29 is 37.6 Å². The van der Waals surface area contributed by atoms with Crippen molar-refractivity contribution in [3.8, 4) is 39.8 Å². The molecule has 0 N–H and O–H groups in total. The van der Waals surface area contributed by atoms with Gasteiger partial charge in [-0.2, -0.15) is 0 Å². The molecule has 386 valence electrons. The molecule has 75 heavy (non-hydrogen) atoms. The van der Waals surface area contributed by atoms with Crippen molar-refractivity contribution in [3.05, 3.63) is 202 Å². The molecule has 0 amide bonds. The third kappa shape index (κ3) is 12.0. The summed E-state index contributed by atoms with van der Waals surface area (Å²) < 4.78 is 33.5. The highest BCUT2D eigenvalue weighted by atomic mass is 35.5. The Labute approximate surface area is 465 Å². The molecule has 16 heteroatoms. The first kappa shape index (κ1) is 53.8. The lowest BCUT2D eigenvalue weighted by Crippen LogP contribution is -2.02. The Morgan fingerprint density at radius 1 is 0.560 bits per heavy atom.